The summed E-state index contributed by atoms with van der Waals surface area (Å²) >= 11 is 3.28. The highest BCUT2D eigenvalue weighted by Gasteiger charge is 2.17. The minimum Gasteiger partial charge on any atom is -0.494 e. The molecule has 1 aliphatic heterocycles. The van der Waals surface area contributed by atoms with Crippen molar-refractivity contribution in [3.05, 3.63) is 52.9 Å². The van der Waals surface area contributed by atoms with E-state index in [1.807, 2.05) is 6.07 Å². The van der Waals surface area contributed by atoms with Crippen molar-refractivity contribution in [2.45, 2.75) is 0 Å². The van der Waals surface area contributed by atoms with Gasteiger partial charge >= 0.3 is 0 Å². The van der Waals surface area contributed by atoms with Crippen LogP contribution in [-0.4, -0.2) is 61.3 Å². The lowest BCUT2D eigenvalue weighted by atomic mass is 10.2. The number of ether oxygens (including phenoxy) is 2. The number of piperazine rings is 1. The van der Waals surface area contributed by atoms with Crippen LogP contribution in [0, 0.1) is 0 Å². The number of hydrogen-bond acceptors (Lipinski definition) is 9. The number of nitrogens with zero attached hydrogens (tertiary/aromatic N) is 4. The van der Waals surface area contributed by atoms with E-state index < -0.39 is 0 Å². The van der Waals surface area contributed by atoms with Crippen LogP contribution < -0.4 is 30.3 Å². The molecule has 2 aromatic heterocycles. The number of aromatic nitrogens is 3. The highest BCUT2D eigenvalue weighted by molar-refractivity contribution is 9.10. The lowest BCUT2D eigenvalue weighted by molar-refractivity contribution is 0.102. The monoisotopic (exact) mass is 513 g/mol. The van der Waals surface area contributed by atoms with Gasteiger partial charge in [0.15, 0.2) is 11.6 Å². The van der Waals surface area contributed by atoms with Crippen molar-refractivity contribution in [3.63, 3.8) is 0 Å². The van der Waals surface area contributed by atoms with Gasteiger partial charge in [0.05, 0.1) is 26.1 Å². The molecule has 0 atom stereocenters. The van der Waals surface area contributed by atoms with Crippen molar-refractivity contribution in [3.8, 4) is 11.5 Å². The molecule has 3 N–H and O–H groups in total. The minimum absolute atomic E-state index is 0.291. The molecule has 0 aliphatic carbocycles. The van der Waals surface area contributed by atoms with Crippen molar-refractivity contribution in [2.24, 2.45) is 0 Å². The van der Waals surface area contributed by atoms with Crippen LogP contribution in [0.4, 0.5) is 23.1 Å². The van der Waals surface area contributed by atoms with Crippen molar-refractivity contribution in [1.29, 1.82) is 0 Å². The number of halogens is 1. The number of benzene rings is 1. The van der Waals surface area contributed by atoms with Gasteiger partial charge in [0.1, 0.15) is 16.0 Å². The van der Waals surface area contributed by atoms with Crippen molar-refractivity contribution >= 4 is 45.0 Å². The van der Waals surface area contributed by atoms with Crippen molar-refractivity contribution in [2.75, 3.05) is 55.9 Å². The molecular formula is C22H24BrN7O3. The Morgan fingerprint density at radius 2 is 1.88 bits per heavy atom. The number of carbonyl (C=O) groups excluding carboxylic acids is 1. The molecule has 1 aliphatic rings. The van der Waals surface area contributed by atoms with Gasteiger partial charge in [0.25, 0.3) is 5.91 Å². The van der Waals surface area contributed by atoms with Crippen LogP contribution >= 0.6 is 15.9 Å². The molecule has 172 valence electrons. The topological polar surface area (TPSA) is 114 Å². The van der Waals surface area contributed by atoms with E-state index >= 15 is 0 Å². The highest BCUT2D eigenvalue weighted by atomic mass is 79.9. The smallest absolute Gasteiger partial charge is 0.274 e. The molecule has 33 heavy (non-hydrogen) atoms. The molecule has 1 saturated heterocycles. The lowest BCUT2D eigenvalue weighted by Crippen LogP contribution is -2.44. The van der Waals surface area contributed by atoms with Gasteiger partial charge in [-0.3, -0.25) is 4.79 Å². The standard InChI is InChI=1S/C22H24BrN7O3/c1-32-17-12-14(6-7-15(17)28-21(31)16-4-3-5-19(23)27-16)26-20-18(33-2)13-25-22(29-20)30-10-8-24-9-11-30/h3-7,12-13,24H,8-11H2,1-2H3,(H,28,31)(H,25,26,29). The largest absolute Gasteiger partial charge is 0.494 e. The first-order chi connectivity index (χ1) is 16.1. The Kier molecular flexibility index (Phi) is 7.20. The summed E-state index contributed by atoms with van der Waals surface area (Å²) in [5.74, 6) is 1.84. The van der Waals surface area contributed by atoms with Gasteiger partial charge in [-0.05, 0) is 40.2 Å². The Hall–Kier alpha value is -3.44. The zero-order valence-electron chi connectivity index (χ0n) is 18.3. The van der Waals surface area contributed by atoms with E-state index in [2.05, 4.69) is 51.7 Å². The van der Waals surface area contributed by atoms with E-state index in [1.54, 1.807) is 50.7 Å². The quantitative estimate of drug-likeness (QED) is 0.410. The van der Waals surface area contributed by atoms with Crippen LogP contribution in [-0.2, 0) is 0 Å². The first-order valence-electron chi connectivity index (χ1n) is 10.3. The summed E-state index contributed by atoms with van der Waals surface area (Å²) in [5.41, 5.74) is 1.53. The lowest BCUT2D eigenvalue weighted by Gasteiger charge is -2.27. The van der Waals surface area contributed by atoms with E-state index in [9.17, 15) is 4.79 Å². The summed E-state index contributed by atoms with van der Waals surface area (Å²) in [6, 6.07) is 10.5. The Morgan fingerprint density at radius 1 is 1.09 bits per heavy atom. The molecule has 0 radical (unpaired) electrons. The average molecular weight is 514 g/mol. The molecular weight excluding hydrogens is 490 g/mol. The number of methoxy groups -OCH3 is 2. The third-order valence-corrected chi connectivity index (χ3v) is 5.46. The van der Waals surface area contributed by atoms with E-state index in [0.29, 0.717) is 44.9 Å². The Morgan fingerprint density at radius 3 is 2.61 bits per heavy atom. The fraction of sp³-hybridized carbons (Fsp3) is 0.273. The molecule has 3 heterocycles. The second-order valence-corrected chi connectivity index (χ2v) is 7.98. The second kappa shape index (κ2) is 10.5. The van der Waals surface area contributed by atoms with E-state index in [0.717, 1.165) is 26.2 Å². The molecule has 4 rings (SSSR count). The predicted molar refractivity (Wildman–Crippen MR) is 130 cm³/mol. The third-order valence-electron chi connectivity index (χ3n) is 5.02. The Balaban J connectivity index is 1.54. The van der Waals surface area contributed by atoms with Gasteiger partial charge in [0, 0.05) is 37.9 Å². The molecule has 10 nitrogen and oxygen atoms in total. The number of carbonyl (C=O) groups is 1. The van der Waals surface area contributed by atoms with Gasteiger partial charge in [-0.2, -0.15) is 4.98 Å². The minimum atomic E-state index is -0.339. The van der Waals surface area contributed by atoms with Crippen LogP contribution in [0.15, 0.2) is 47.2 Å². The first kappa shape index (κ1) is 22.7. The summed E-state index contributed by atoms with van der Waals surface area (Å²) in [5, 5.41) is 9.42. The summed E-state index contributed by atoms with van der Waals surface area (Å²) < 4.78 is 11.5. The molecule has 0 bridgehead atoms. The normalized spacial score (nSPS) is 13.4. The third kappa shape index (κ3) is 5.49. The van der Waals surface area contributed by atoms with E-state index in [1.165, 1.54) is 0 Å². The fourth-order valence-corrected chi connectivity index (χ4v) is 3.69. The van der Waals surface area contributed by atoms with Crippen LogP contribution in [0.5, 0.6) is 11.5 Å². The van der Waals surface area contributed by atoms with Crippen LogP contribution in [0.25, 0.3) is 0 Å². The number of pyridine rings is 1. The fourth-order valence-electron chi connectivity index (χ4n) is 3.35. The summed E-state index contributed by atoms with van der Waals surface area (Å²) in [6.07, 6.45) is 1.66. The van der Waals surface area contributed by atoms with Gasteiger partial charge < -0.3 is 30.3 Å². The second-order valence-electron chi connectivity index (χ2n) is 7.16. The van der Waals surface area contributed by atoms with Gasteiger partial charge in [0.2, 0.25) is 5.95 Å². The maximum absolute atomic E-state index is 12.6. The Bertz CT molecular complexity index is 1140. The maximum atomic E-state index is 12.6. The number of nitrogens with one attached hydrogen (secondary N) is 3. The molecule has 11 heteroatoms. The molecule has 0 saturated carbocycles. The SMILES string of the molecule is COc1cc(Nc2nc(N3CCNCC3)ncc2OC)ccc1NC(=O)c1cccc(Br)n1. The van der Waals surface area contributed by atoms with E-state index in [4.69, 9.17) is 9.47 Å². The zero-order valence-corrected chi connectivity index (χ0v) is 19.8. The van der Waals surface area contributed by atoms with Crippen LogP contribution in [0.1, 0.15) is 10.5 Å². The van der Waals surface area contributed by atoms with Gasteiger partial charge in [-0.25, -0.2) is 9.97 Å². The number of anilines is 4. The number of hydrogen-bond donors (Lipinski definition) is 3. The summed E-state index contributed by atoms with van der Waals surface area (Å²) in [4.78, 5) is 28.0. The molecule has 1 aromatic carbocycles. The van der Waals surface area contributed by atoms with E-state index in [-0.39, 0.29) is 5.91 Å². The number of amides is 1. The molecule has 3 aromatic rings. The average Bonchev–Trinajstić information content (AvgIpc) is 2.85. The van der Waals surface area contributed by atoms with Crippen LogP contribution in [0.3, 0.4) is 0 Å². The maximum Gasteiger partial charge on any atom is 0.274 e. The first-order valence-corrected chi connectivity index (χ1v) is 11.1. The summed E-state index contributed by atoms with van der Waals surface area (Å²) in [7, 11) is 3.11. The number of rotatable bonds is 7. The Labute approximate surface area is 199 Å². The van der Waals surface area contributed by atoms with Crippen molar-refractivity contribution in [1.82, 2.24) is 20.3 Å². The highest BCUT2D eigenvalue weighted by Crippen LogP contribution is 2.32. The van der Waals surface area contributed by atoms with Gasteiger partial charge in [-0.1, -0.05) is 6.07 Å². The van der Waals surface area contributed by atoms with Gasteiger partial charge in [-0.15, -0.1) is 0 Å². The molecule has 1 fully saturated rings. The van der Waals surface area contributed by atoms with Crippen LogP contribution in [0.2, 0.25) is 0 Å². The molecule has 0 spiro atoms. The molecule has 1 amide bonds. The molecule has 0 unspecified atom stereocenters. The zero-order chi connectivity index (χ0) is 23.2. The predicted octanol–water partition coefficient (Wildman–Crippen LogP) is 3.06. The summed E-state index contributed by atoms with van der Waals surface area (Å²) in [6.45, 7) is 3.44. The van der Waals surface area contributed by atoms with Crippen molar-refractivity contribution < 1.29 is 14.3 Å².